The maximum atomic E-state index is 14.1. The van der Waals surface area contributed by atoms with Crippen molar-refractivity contribution in [1.82, 2.24) is 0 Å². The molecule has 0 heterocycles. The second kappa shape index (κ2) is 6.26. The third kappa shape index (κ3) is 2.98. The predicted molar refractivity (Wildman–Crippen MR) is 86.6 cm³/mol. The Morgan fingerprint density at radius 3 is 2.65 bits per heavy atom. The normalized spacial score (nSPS) is 10.7. The number of hydrogen-bond donors (Lipinski definition) is 1. The highest BCUT2D eigenvalue weighted by molar-refractivity contribution is 6.37. The summed E-state index contributed by atoms with van der Waals surface area (Å²) in [7, 11) is 0. The summed E-state index contributed by atoms with van der Waals surface area (Å²) in [6.07, 6.45) is 0. The molecule has 0 bridgehead atoms. The van der Waals surface area contributed by atoms with E-state index in [2.05, 4.69) is 0 Å². The van der Waals surface area contributed by atoms with E-state index in [1.54, 1.807) is 6.07 Å². The van der Waals surface area contributed by atoms with E-state index in [1.807, 2.05) is 30.3 Å². The number of carboxylic acid groups (broad SMARTS) is 1. The SMILES string of the molecule is O=C(O)c1cccc(COc2ccc3ccccc3c2Cl)c1F. The molecule has 23 heavy (non-hydrogen) atoms. The molecule has 0 saturated heterocycles. The van der Waals surface area contributed by atoms with Gasteiger partial charge in [0.25, 0.3) is 0 Å². The molecule has 0 aliphatic rings. The van der Waals surface area contributed by atoms with Crippen molar-refractivity contribution in [2.75, 3.05) is 0 Å². The van der Waals surface area contributed by atoms with Crippen LogP contribution in [0, 0.1) is 5.82 Å². The third-order valence-corrected chi connectivity index (χ3v) is 3.91. The molecule has 0 unspecified atom stereocenters. The zero-order valence-electron chi connectivity index (χ0n) is 11.9. The molecule has 3 aromatic carbocycles. The second-order valence-corrected chi connectivity index (χ2v) is 5.35. The van der Waals surface area contributed by atoms with Crippen LogP contribution >= 0.6 is 11.6 Å². The van der Waals surface area contributed by atoms with Crippen molar-refractivity contribution < 1.29 is 19.0 Å². The fourth-order valence-corrected chi connectivity index (χ4v) is 2.63. The van der Waals surface area contributed by atoms with Crippen molar-refractivity contribution in [1.29, 1.82) is 0 Å². The molecule has 3 rings (SSSR count). The quantitative estimate of drug-likeness (QED) is 0.739. The molecule has 0 radical (unpaired) electrons. The maximum absolute atomic E-state index is 14.1. The topological polar surface area (TPSA) is 46.5 Å². The lowest BCUT2D eigenvalue weighted by Gasteiger charge is -2.11. The van der Waals surface area contributed by atoms with Gasteiger partial charge in [0.2, 0.25) is 0 Å². The molecule has 0 atom stereocenters. The number of ether oxygens (including phenoxy) is 1. The highest BCUT2D eigenvalue weighted by atomic mass is 35.5. The number of hydrogen-bond acceptors (Lipinski definition) is 2. The number of halogens is 2. The zero-order valence-corrected chi connectivity index (χ0v) is 12.7. The zero-order chi connectivity index (χ0) is 16.4. The van der Waals surface area contributed by atoms with Crippen LogP contribution in [0.3, 0.4) is 0 Å². The van der Waals surface area contributed by atoms with Gasteiger partial charge in [-0.1, -0.05) is 54.1 Å². The summed E-state index contributed by atoms with van der Waals surface area (Å²) in [6, 6.07) is 15.3. The van der Waals surface area contributed by atoms with Gasteiger partial charge in [0.05, 0.1) is 10.6 Å². The number of aromatic carboxylic acids is 1. The molecule has 0 aliphatic carbocycles. The average molecular weight is 331 g/mol. The molecular weight excluding hydrogens is 319 g/mol. The largest absolute Gasteiger partial charge is 0.487 e. The molecular formula is C18H12ClFO3. The van der Waals surface area contributed by atoms with Crippen LogP contribution in [0.15, 0.2) is 54.6 Å². The number of carboxylic acids is 1. The van der Waals surface area contributed by atoms with Gasteiger partial charge >= 0.3 is 5.97 Å². The maximum Gasteiger partial charge on any atom is 0.338 e. The van der Waals surface area contributed by atoms with E-state index in [-0.39, 0.29) is 17.7 Å². The van der Waals surface area contributed by atoms with Gasteiger partial charge in [-0.3, -0.25) is 0 Å². The van der Waals surface area contributed by atoms with Crippen LogP contribution in [-0.2, 0) is 6.61 Å². The molecule has 116 valence electrons. The molecule has 0 aromatic heterocycles. The van der Waals surface area contributed by atoms with Crippen molar-refractivity contribution >= 4 is 28.3 Å². The molecule has 0 fully saturated rings. The lowest BCUT2D eigenvalue weighted by molar-refractivity contribution is 0.0691. The van der Waals surface area contributed by atoms with E-state index in [0.29, 0.717) is 10.8 Å². The number of rotatable bonds is 4. The van der Waals surface area contributed by atoms with Crippen LogP contribution < -0.4 is 4.74 Å². The first-order chi connectivity index (χ1) is 11.1. The minimum Gasteiger partial charge on any atom is -0.487 e. The van der Waals surface area contributed by atoms with Crippen LogP contribution in [-0.4, -0.2) is 11.1 Å². The Bertz CT molecular complexity index is 893. The fourth-order valence-electron chi connectivity index (χ4n) is 2.34. The van der Waals surface area contributed by atoms with E-state index in [0.717, 1.165) is 10.8 Å². The highest BCUT2D eigenvalue weighted by Crippen LogP contribution is 2.33. The number of benzene rings is 3. The summed E-state index contributed by atoms with van der Waals surface area (Å²) in [5.74, 6) is -1.68. The number of carbonyl (C=O) groups is 1. The van der Waals surface area contributed by atoms with Gasteiger partial charge in [-0.2, -0.15) is 0 Å². The Morgan fingerprint density at radius 1 is 1.09 bits per heavy atom. The van der Waals surface area contributed by atoms with Gasteiger partial charge < -0.3 is 9.84 Å². The summed E-state index contributed by atoms with van der Waals surface area (Å²) in [6.45, 7) is -0.106. The Labute approximate surface area is 136 Å². The monoisotopic (exact) mass is 330 g/mol. The smallest absolute Gasteiger partial charge is 0.338 e. The van der Waals surface area contributed by atoms with Crippen molar-refractivity contribution in [3.63, 3.8) is 0 Å². The molecule has 0 amide bonds. The molecule has 0 saturated carbocycles. The summed E-state index contributed by atoms with van der Waals surface area (Å²) in [5.41, 5.74) is -0.218. The standard InChI is InChI=1S/C18H12ClFO3/c19-16-13-6-2-1-4-11(13)8-9-15(16)23-10-12-5-3-7-14(17(12)20)18(21)22/h1-9H,10H2,(H,21,22). The molecule has 3 aromatic rings. The van der Waals surface area contributed by atoms with Crippen molar-refractivity contribution in [3.05, 3.63) is 76.6 Å². The van der Waals surface area contributed by atoms with Crippen molar-refractivity contribution in [2.45, 2.75) is 6.61 Å². The first-order valence-electron chi connectivity index (χ1n) is 6.88. The minimum atomic E-state index is -1.31. The molecule has 1 N–H and O–H groups in total. The molecule has 3 nitrogen and oxygen atoms in total. The lowest BCUT2D eigenvalue weighted by atomic mass is 10.1. The van der Waals surface area contributed by atoms with Gasteiger partial charge in [0, 0.05) is 10.9 Å². The van der Waals surface area contributed by atoms with Crippen LogP contribution in [0.5, 0.6) is 5.75 Å². The molecule has 0 spiro atoms. The average Bonchev–Trinajstić information content (AvgIpc) is 2.55. The molecule has 5 heteroatoms. The highest BCUT2D eigenvalue weighted by Gasteiger charge is 2.14. The summed E-state index contributed by atoms with van der Waals surface area (Å²) in [4.78, 5) is 10.9. The van der Waals surface area contributed by atoms with E-state index >= 15 is 0 Å². The van der Waals surface area contributed by atoms with Gasteiger partial charge in [0.1, 0.15) is 18.2 Å². The Morgan fingerprint density at radius 2 is 1.87 bits per heavy atom. The van der Waals surface area contributed by atoms with Crippen LogP contribution in [0.1, 0.15) is 15.9 Å². The van der Waals surface area contributed by atoms with Gasteiger partial charge in [-0.25, -0.2) is 9.18 Å². The first kappa shape index (κ1) is 15.3. The fraction of sp³-hybridized carbons (Fsp3) is 0.0556. The Hall–Kier alpha value is -2.59. The van der Waals surface area contributed by atoms with E-state index in [4.69, 9.17) is 21.4 Å². The predicted octanol–water partition coefficient (Wildman–Crippen LogP) is 4.91. The Kier molecular flexibility index (Phi) is 4.17. The van der Waals surface area contributed by atoms with Crippen molar-refractivity contribution in [2.24, 2.45) is 0 Å². The van der Waals surface area contributed by atoms with Gasteiger partial charge in [-0.15, -0.1) is 0 Å². The summed E-state index contributed by atoms with van der Waals surface area (Å²) < 4.78 is 19.7. The second-order valence-electron chi connectivity index (χ2n) is 4.97. The lowest BCUT2D eigenvalue weighted by Crippen LogP contribution is -2.06. The Balaban J connectivity index is 1.88. The van der Waals surface area contributed by atoms with Crippen LogP contribution in [0.25, 0.3) is 10.8 Å². The third-order valence-electron chi connectivity index (χ3n) is 3.52. The van der Waals surface area contributed by atoms with Crippen molar-refractivity contribution in [3.8, 4) is 5.75 Å². The van der Waals surface area contributed by atoms with Gasteiger partial charge in [-0.05, 0) is 17.5 Å². The first-order valence-corrected chi connectivity index (χ1v) is 7.26. The van der Waals surface area contributed by atoms with Gasteiger partial charge in [0.15, 0.2) is 0 Å². The van der Waals surface area contributed by atoms with Crippen LogP contribution in [0.2, 0.25) is 5.02 Å². The summed E-state index contributed by atoms with van der Waals surface area (Å²) >= 11 is 6.32. The minimum absolute atomic E-state index is 0.106. The molecule has 0 aliphatic heterocycles. The van der Waals surface area contributed by atoms with Crippen LogP contribution in [0.4, 0.5) is 4.39 Å². The van der Waals surface area contributed by atoms with E-state index in [1.165, 1.54) is 18.2 Å². The number of fused-ring (bicyclic) bond motifs is 1. The summed E-state index contributed by atoms with van der Waals surface area (Å²) in [5, 5.41) is 11.2. The van der Waals surface area contributed by atoms with E-state index in [9.17, 15) is 9.18 Å². The van der Waals surface area contributed by atoms with E-state index < -0.39 is 11.8 Å².